The predicted molar refractivity (Wildman–Crippen MR) is 104 cm³/mol. The molecule has 3 heterocycles. The zero-order valence-electron chi connectivity index (χ0n) is 14.9. The van der Waals surface area contributed by atoms with Gasteiger partial charge >= 0.3 is 0 Å². The van der Waals surface area contributed by atoms with Gasteiger partial charge in [-0.3, -0.25) is 9.59 Å². The quantitative estimate of drug-likeness (QED) is 0.782. The number of imide groups is 1. The van der Waals surface area contributed by atoms with E-state index in [4.69, 9.17) is 0 Å². The Morgan fingerprint density at radius 2 is 1.62 bits per heavy atom. The number of hydrogen-bond acceptors (Lipinski definition) is 5. The normalized spacial score (nSPS) is 19.0. The maximum absolute atomic E-state index is 13.3. The van der Waals surface area contributed by atoms with Crippen molar-refractivity contribution < 1.29 is 9.59 Å². The van der Waals surface area contributed by atoms with Crippen LogP contribution in [-0.2, 0) is 9.59 Å². The Bertz CT molecular complexity index is 863. The van der Waals surface area contributed by atoms with Crippen LogP contribution in [0.5, 0.6) is 0 Å². The van der Waals surface area contributed by atoms with Gasteiger partial charge in [0.1, 0.15) is 5.70 Å². The summed E-state index contributed by atoms with van der Waals surface area (Å²) in [5, 5.41) is 1.94. The molecule has 5 nitrogen and oxygen atoms in total. The maximum atomic E-state index is 13.3. The highest BCUT2D eigenvalue weighted by Crippen LogP contribution is 2.36. The minimum absolute atomic E-state index is 0.216. The predicted octanol–water partition coefficient (Wildman–Crippen LogP) is 2.59. The number of amides is 2. The third kappa shape index (κ3) is 2.85. The van der Waals surface area contributed by atoms with Crippen molar-refractivity contribution >= 4 is 34.4 Å². The molecule has 0 radical (unpaired) electrons. The second kappa shape index (κ2) is 6.70. The van der Waals surface area contributed by atoms with Crippen molar-refractivity contribution in [1.82, 2.24) is 9.80 Å². The topological polar surface area (TPSA) is 43.9 Å². The average molecular weight is 367 g/mol. The number of carbonyl (C=O) groups excluding carboxylic acids is 2. The minimum atomic E-state index is -0.227. The van der Waals surface area contributed by atoms with Crippen molar-refractivity contribution in [2.75, 3.05) is 38.1 Å². The van der Waals surface area contributed by atoms with Crippen LogP contribution < -0.4 is 4.90 Å². The Balaban J connectivity index is 1.77. The number of thiophene rings is 1. The molecule has 0 unspecified atom stereocenters. The lowest BCUT2D eigenvalue weighted by molar-refractivity contribution is -0.120. The Hall–Kier alpha value is -2.44. The Morgan fingerprint density at radius 1 is 0.923 bits per heavy atom. The van der Waals surface area contributed by atoms with E-state index in [2.05, 4.69) is 16.8 Å². The molecule has 2 aliphatic heterocycles. The van der Waals surface area contributed by atoms with Gasteiger partial charge in [0.25, 0.3) is 11.8 Å². The second-order valence-corrected chi connectivity index (χ2v) is 7.72. The minimum Gasteiger partial charge on any atom is -0.364 e. The molecule has 0 bridgehead atoms. The largest absolute Gasteiger partial charge is 0.364 e. The molecular weight excluding hydrogens is 346 g/mol. The summed E-state index contributed by atoms with van der Waals surface area (Å²) in [6.45, 7) is 5.26. The molecule has 0 aliphatic carbocycles. The van der Waals surface area contributed by atoms with E-state index in [1.165, 1.54) is 16.2 Å². The standard InChI is InChI=1S/C20H21N3O2S/c1-14-5-7-15(8-6-14)23-19(24)17(16-4-3-13-26-16)18(20(23)25)22-11-9-21(2)10-12-22/h3-8,13H,9-12H2,1-2H3. The van der Waals surface area contributed by atoms with Crippen molar-refractivity contribution in [3.8, 4) is 0 Å². The first-order valence-electron chi connectivity index (χ1n) is 8.73. The highest BCUT2D eigenvalue weighted by molar-refractivity contribution is 7.11. The van der Waals surface area contributed by atoms with Crippen molar-refractivity contribution in [1.29, 1.82) is 0 Å². The van der Waals surface area contributed by atoms with Crippen LogP contribution in [0.2, 0.25) is 0 Å². The summed E-state index contributed by atoms with van der Waals surface area (Å²) in [4.78, 5) is 33.0. The number of anilines is 1. The van der Waals surface area contributed by atoms with E-state index in [0.29, 0.717) is 17.0 Å². The van der Waals surface area contributed by atoms with E-state index in [1.54, 1.807) is 0 Å². The van der Waals surface area contributed by atoms with Crippen LogP contribution in [0, 0.1) is 6.92 Å². The summed E-state index contributed by atoms with van der Waals surface area (Å²) >= 11 is 1.50. The van der Waals surface area contributed by atoms with E-state index in [0.717, 1.165) is 36.6 Å². The molecule has 1 aromatic heterocycles. The van der Waals surface area contributed by atoms with Crippen LogP contribution in [0.3, 0.4) is 0 Å². The number of benzene rings is 1. The van der Waals surface area contributed by atoms with Crippen molar-refractivity contribution in [2.24, 2.45) is 0 Å². The van der Waals surface area contributed by atoms with Gasteiger partial charge in [-0.05, 0) is 37.6 Å². The fourth-order valence-electron chi connectivity index (χ4n) is 3.41. The fourth-order valence-corrected chi connectivity index (χ4v) is 4.18. The first kappa shape index (κ1) is 17.0. The van der Waals surface area contributed by atoms with Gasteiger partial charge in [0.2, 0.25) is 0 Å². The summed E-state index contributed by atoms with van der Waals surface area (Å²) < 4.78 is 0. The van der Waals surface area contributed by atoms with Gasteiger partial charge in [0.05, 0.1) is 11.3 Å². The molecule has 0 saturated carbocycles. The van der Waals surface area contributed by atoms with Crippen LogP contribution >= 0.6 is 11.3 Å². The fraction of sp³-hybridized carbons (Fsp3) is 0.300. The highest BCUT2D eigenvalue weighted by atomic mass is 32.1. The van der Waals surface area contributed by atoms with Gasteiger partial charge in [-0.25, -0.2) is 4.90 Å². The van der Waals surface area contributed by atoms with Crippen molar-refractivity contribution in [3.63, 3.8) is 0 Å². The molecule has 0 spiro atoms. The van der Waals surface area contributed by atoms with Gasteiger partial charge in [-0.2, -0.15) is 0 Å². The number of nitrogens with zero attached hydrogens (tertiary/aromatic N) is 3. The van der Waals surface area contributed by atoms with E-state index in [1.807, 2.05) is 48.7 Å². The number of likely N-dealkylation sites (N-methyl/N-ethyl adjacent to an activating group) is 1. The molecule has 1 saturated heterocycles. The molecule has 1 aromatic carbocycles. The first-order valence-corrected chi connectivity index (χ1v) is 9.61. The van der Waals surface area contributed by atoms with Crippen LogP contribution in [0.25, 0.3) is 5.57 Å². The summed E-state index contributed by atoms with van der Waals surface area (Å²) in [7, 11) is 2.08. The molecule has 4 rings (SSSR count). The van der Waals surface area contributed by atoms with Crippen LogP contribution in [0.4, 0.5) is 5.69 Å². The van der Waals surface area contributed by atoms with Crippen LogP contribution in [-0.4, -0.2) is 54.8 Å². The molecule has 0 N–H and O–H groups in total. The lowest BCUT2D eigenvalue weighted by Gasteiger charge is -2.34. The van der Waals surface area contributed by atoms with Gasteiger partial charge in [-0.15, -0.1) is 11.3 Å². The third-order valence-electron chi connectivity index (χ3n) is 4.94. The lowest BCUT2D eigenvalue weighted by atomic mass is 10.1. The second-order valence-electron chi connectivity index (χ2n) is 6.77. The van der Waals surface area contributed by atoms with Crippen LogP contribution in [0.15, 0.2) is 47.5 Å². The molecule has 2 amide bonds. The molecule has 0 atom stereocenters. The van der Waals surface area contributed by atoms with E-state index >= 15 is 0 Å². The molecular formula is C20H21N3O2S. The Kier molecular flexibility index (Phi) is 4.38. The third-order valence-corrected chi connectivity index (χ3v) is 5.83. The van der Waals surface area contributed by atoms with Gasteiger partial charge < -0.3 is 9.80 Å². The number of piperazine rings is 1. The van der Waals surface area contributed by atoms with E-state index < -0.39 is 0 Å². The van der Waals surface area contributed by atoms with Crippen molar-refractivity contribution in [3.05, 3.63) is 57.9 Å². The monoisotopic (exact) mass is 367 g/mol. The molecule has 2 aromatic rings. The van der Waals surface area contributed by atoms with Gasteiger partial charge in [-0.1, -0.05) is 23.8 Å². The zero-order valence-corrected chi connectivity index (χ0v) is 15.8. The SMILES string of the molecule is Cc1ccc(N2C(=O)C(c3cccs3)=C(N3CCN(C)CC3)C2=O)cc1. The lowest BCUT2D eigenvalue weighted by Crippen LogP contribution is -2.46. The van der Waals surface area contributed by atoms with Gasteiger partial charge in [0.15, 0.2) is 0 Å². The van der Waals surface area contributed by atoms with Gasteiger partial charge in [0, 0.05) is 31.1 Å². The Morgan fingerprint density at radius 3 is 2.23 bits per heavy atom. The van der Waals surface area contributed by atoms with Crippen LogP contribution in [0.1, 0.15) is 10.4 Å². The van der Waals surface area contributed by atoms with Crippen molar-refractivity contribution in [2.45, 2.75) is 6.92 Å². The molecule has 2 aliphatic rings. The first-order chi connectivity index (χ1) is 12.6. The molecule has 26 heavy (non-hydrogen) atoms. The maximum Gasteiger partial charge on any atom is 0.282 e. The van der Waals surface area contributed by atoms with E-state index in [9.17, 15) is 9.59 Å². The summed E-state index contributed by atoms with van der Waals surface area (Å²) in [5.41, 5.74) is 2.81. The molecule has 6 heteroatoms. The summed E-state index contributed by atoms with van der Waals surface area (Å²) in [6, 6.07) is 11.4. The summed E-state index contributed by atoms with van der Waals surface area (Å²) in [5.74, 6) is -0.443. The van der Waals surface area contributed by atoms with E-state index in [-0.39, 0.29) is 11.8 Å². The highest BCUT2D eigenvalue weighted by Gasteiger charge is 2.43. The molecule has 1 fully saturated rings. The smallest absolute Gasteiger partial charge is 0.282 e. The Labute approximate surface area is 157 Å². The average Bonchev–Trinajstić information content (AvgIpc) is 3.23. The number of hydrogen-bond donors (Lipinski definition) is 0. The number of aryl methyl sites for hydroxylation is 1. The zero-order chi connectivity index (χ0) is 18.3. The molecule has 134 valence electrons. The number of rotatable bonds is 3. The summed E-state index contributed by atoms with van der Waals surface area (Å²) in [6.07, 6.45) is 0. The number of carbonyl (C=O) groups is 2.